The first kappa shape index (κ1) is 22.9. The van der Waals surface area contributed by atoms with Crippen molar-refractivity contribution >= 4 is 21.9 Å². The van der Waals surface area contributed by atoms with Crippen LogP contribution in [0.25, 0.3) is 0 Å². The number of ether oxygens (including phenoxy) is 3. The molecule has 0 spiro atoms. The molecule has 2 saturated carbocycles. The molecule has 0 aliphatic heterocycles. The van der Waals surface area contributed by atoms with E-state index < -0.39 is 5.60 Å². The minimum absolute atomic E-state index is 0.102. The molecule has 0 saturated heterocycles. The molecule has 156 valence electrons. The van der Waals surface area contributed by atoms with Crippen molar-refractivity contribution in [2.24, 2.45) is 23.2 Å². The lowest BCUT2D eigenvalue weighted by molar-refractivity contribution is -0.183. The summed E-state index contributed by atoms with van der Waals surface area (Å²) in [6, 6.07) is 0. The lowest BCUT2D eigenvalue weighted by Crippen LogP contribution is -2.40. The first-order valence-corrected chi connectivity index (χ1v) is 11.2. The number of allylic oxidation sites excluding steroid dienone is 1. The summed E-state index contributed by atoms with van der Waals surface area (Å²) in [5, 5.41) is 0. The highest BCUT2D eigenvalue weighted by atomic mass is 79.9. The van der Waals surface area contributed by atoms with E-state index >= 15 is 0 Å². The number of hydrogen-bond donors (Lipinski definition) is 0. The van der Waals surface area contributed by atoms with Crippen molar-refractivity contribution in [2.75, 3.05) is 21.0 Å². The monoisotopic (exact) mass is 444 g/mol. The van der Waals surface area contributed by atoms with E-state index in [0.29, 0.717) is 17.8 Å². The number of carbonyl (C=O) groups is 1. The second-order valence-electron chi connectivity index (χ2n) is 8.92. The molecule has 2 aliphatic rings. The molecule has 4 nitrogen and oxygen atoms in total. The molecule has 0 N–H and O–H groups in total. The first-order chi connectivity index (χ1) is 12.8. The van der Waals surface area contributed by atoms with Gasteiger partial charge < -0.3 is 14.2 Å². The molecule has 2 fully saturated rings. The molecule has 2 aliphatic carbocycles. The van der Waals surface area contributed by atoms with Crippen LogP contribution in [0.1, 0.15) is 72.1 Å². The van der Waals surface area contributed by atoms with Gasteiger partial charge in [-0.05, 0) is 80.0 Å². The summed E-state index contributed by atoms with van der Waals surface area (Å²) in [5.74, 6) is 1.83. The third-order valence-electron chi connectivity index (χ3n) is 7.29. The van der Waals surface area contributed by atoms with Crippen molar-refractivity contribution in [2.45, 2.75) is 77.7 Å². The van der Waals surface area contributed by atoms with Gasteiger partial charge in [-0.3, -0.25) is 0 Å². The van der Waals surface area contributed by atoms with Crippen molar-refractivity contribution in [3.05, 3.63) is 10.6 Å². The van der Waals surface area contributed by atoms with E-state index in [4.69, 9.17) is 14.2 Å². The standard InChI is InChI=1S/C22H37BrO4/c1-16(8-6-13-22(3,20(24)26-5)27-15-25-4)18-10-11-19-17(14-23)9-7-12-21(18,19)2/h14,16,18-19H,6-13,15H2,1-5H3/t16-,18-,19?,21-,22-/m1/s1. The maximum absolute atomic E-state index is 12.2. The maximum atomic E-state index is 12.2. The topological polar surface area (TPSA) is 44.8 Å². The number of rotatable bonds is 9. The van der Waals surface area contributed by atoms with Crippen LogP contribution in [0, 0.1) is 23.2 Å². The van der Waals surface area contributed by atoms with Crippen LogP contribution in [0.3, 0.4) is 0 Å². The number of methoxy groups -OCH3 is 2. The molecule has 0 amide bonds. The minimum Gasteiger partial charge on any atom is -0.467 e. The molecule has 0 aromatic heterocycles. The van der Waals surface area contributed by atoms with Gasteiger partial charge in [0.25, 0.3) is 0 Å². The van der Waals surface area contributed by atoms with Crippen LogP contribution in [0.15, 0.2) is 10.6 Å². The summed E-state index contributed by atoms with van der Waals surface area (Å²) in [4.78, 5) is 14.4. The van der Waals surface area contributed by atoms with Crippen molar-refractivity contribution in [3.8, 4) is 0 Å². The van der Waals surface area contributed by atoms with E-state index in [-0.39, 0.29) is 12.8 Å². The number of fused-ring (bicyclic) bond motifs is 1. The van der Waals surface area contributed by atoms with Gasteiger partial charge in [-0.25, -0.2) is 4.79 Å². The quantitative estimate of drug-likeness (QED) is 0.330. The molecule has 5 atom stereocenters. The maximum Gasteiger partial charge on any atom is 0.337 e. The molecule has 0 aromatic carbocycles. The predicted molar refractivity (Wildman–Crippen MR) is 112 cm³/mol. The van der Waals surface area contributed by atoms with E-state index in [1.54, 1.807) is 12.7 Å². The molecule has 27 heavy (non-hydrogen) atoms. The third kappa shape index (κ3) is 4.97. The zero-order chi connectivity index (χ0) is 20.1. The van der Waals surface area contributed by atoms with Crippen LogP contribution >= 0.6 is 15.9 Å². The van der Waals surface area contributed by atoms with Gasteiger partial charge in [0, 0.05) is 7.11 Å². The predicted octanol–water partition coefficient (Wildman–Crippen LogP) is 5.84. The number of esters is 1. The van der Waals surface area contributed by atoms with Gasteiger partial charge in [0.05, 0.1) is 7.11 Å². The van der Waals surface area contributed by atoms with E-state index in [9.17, 15) is 4.79 Å². The lowest BCUT2D eigenvalue weighted by atomic mass is 9.61. The molecular weight excluding hydrogens is 408 g/mol. The average molecular weight is 445 g/mol. The van der Waals surface area contributed by atoms with Gasteiger partial charge >= 0.3 is 5.97 Å². The summed E-state index contributed by atoms with van der Waals surface area (Å²) in [5.41, 5.74) is 1.11. The zero-order valence-corrected chi connectivity index (χ0v) is 19.3. The number of halogens is 1. The fourth-order valence-corrected chi connectivity index (χ4v) is 6.29. The molecule has 0 heterocycles. The molecule has 5 heteroatoms. The average Bonchev–Trinajstić information content (AvgIpc) is 3.02. The molecule has 0 radical (unpaired) electrons. The summed E-state index contributed by atoms with van der Waals surface area (Å²) < 4.78 is 15.6. The summed E-state index contributed by atoms with van der Waals surface area (Å²) in [6.45, 7) is 6.83. The summed E-state index contributed by atoms with van der Waals surface area (Å²) in [6.07, 6.45) is 9.26. The molecule has 0 aromatic rings. The second-order valence-corrected chi connectivity index (χ2v) is 9.38. The lowest BCUT2D eigenvalue weighted by Gasteiger charge is -2.44. The Morgan fingerprint density at radius 3 is 2.78 bits per heavy atom. The van der Waals surface area contributed by atoms with E-state index in [1.165, 1.54) is 39.2 Å². The van der Waals surface area contributed by atoms with Crippen molar-refractivity contribution in [1.29, 1.82) is 0 Å². The summed E-state index contributed by atoms with van der Waals surface area (Å²) >= 11 is 3.60. The fourth-order valence-electron chi connectivity index (χ4n) is 5.75. The van der Waals surface area contributed by atoms with E-state index in [1.807, 2.05) is 6.92 Å². The highest BCUT2D eigenvalue weighted by Gasteiger charge is 2.50. The second kappa shape index (κ2) is 9.89. The zero-order valence-electron chi connectivity index (χ0n) is 17.7. The Morgan fingerprint density at radius 1 is 1.41 bits per heavy atom. The Bertz CT molecular complexity index is 534. The summed E-state index contributed by atoms with van der Waals surface area (Å²) in [7, 11) is 2.98. The Kier molecular flexibility index (Phi) is 8.38. The van der Waals surface area contributed by atoms with E-state index in [0.717, 1.165) is 24.7 Å². The van der Waals surface area contributed by atoms with E-state index in [2.05, 4.69) is 34.8 Å². The van der Waals surface area contributed by atoms with Gasteiger partial charge in [-0.1, -0.05) is 41.8 Å². The SMILES string of the molecule is COCO[C@](C)(CCC[C@@H](C)[C@H]1CCC2C(=CBr)CCC[C@@]21C)C(=O)OC. The Labute approximate surface area is 173 Å². The Hall–Kier alpha value is -0.390. The van der Waals surface area contributed by atoms with Crippen LogP contribution < -0.4 is 0 Å². The van der Waals surface area contributed by atoms with Crippen molar-refractivity contribution < 1.29 is 19.0 Å². The molecule has 0 bridgehead atoms. The van der Waals surface area contributed by atoms with Crippen LogP contribution in [-0.4, -0.2) is 32.6 Å². The van der Waals surface area contributed by atoms with Crippen LogP contribution in [0.2, 0.25) is 0 Å². The normalized spacial score (nSPS) is 32.7. The van der Waals surface area contributed by atoms with Crippen molar-refractivity contribution in [1.82, 2.24) is 0 Å². The molecular formula is C22H37BrO4. The number of carbonyl (C=O) groups excluding carboxylic acids is 1. The third-order valence-corrected chi connectivity index (χ3v) is 7.88. The number of hydrogen-bond acceptors (Lipinski definition) is 4. The van der Waals surface area contributed by atoms with Gasteiger partial charge in [0.1, 0.15) is 6.79 Å². The van der Waals surface area contributed by atoms with Gasteiger partial charge in [-0.15, -0.1) is 0 Å². The van der Waals surface area contributed by atoms with Gasteiger partial charge in [-0.2, -0.15) is 0 Å². The van der Waals surface area contributed by atoms with Crippen molar-refractivity contribution in [3.63, 3.8) is 0 Å². The smallest absolute Gasteiger partial charge is 0.337 e. The largest absolute Gasteiger partial charge is 0.467 e. The highest BCUT2D eigenvalue weighted by Crippen LogP contribution is 2.60. The first-order valence-electron chi connectivity index (χ1n) is 10.3. The fraction of sp³-hybridized carbons (Fsp3) is 0.864. The highest BCUT2D eigenvalue weighted by molar-refractivity contribution is 9.11. The van der Waals surface area contributed by atoms with Gasteiger partial charge in [0.2, 0.25) is 0 Å². The Balaban J connectivity index is 1.95. The van der Waals surface area contributed by atoms with Crippen LogP contribution in [-0.2, 0) is 19.0 Å². The molecule has 1 unspecified atom stereocenters. The van der Waals surface area contributed by atoms with Crippen LogP contribution in [0.5, 0.6) is 0 Å². The van der Waals surface area contributed by atoms with Crippen LogP contribution in [0.4, 0.5) is 0 Å². The molecule has 2 rings (SSSR count). The Morgan fingerprint density at radius 2 is 2.15 bits per heavy atom. The van der Waals surface area contributed by atoms with Gasteiger partial charge in [0.15, 0.2) is 5.60 Å². The minimum atomic E-state index is -0.927.